The lowest BCUT2D eigenvalue weighted by Gasteiger charge is -2.12. The molecule has 0 amide bonds. The number of rotatable bonds is 7. The van der Waals surface area contributed by atoms with Gasteiger partial charge in [-0.1, -0.05) is 23.7 Å². The van der Waals surface area contributed by atoms with Crippen LogP contribution in [0, 0.1) is 0 Å². The quantitative estimate of drug-likeness (QED) is 0.452. The normalized spacial score (nSPS) is 12.0. The predicted octanol–water partition coefficient (Wildman–Crippen LogP) is 4.25. The number of hydrogen-bond donors (Lipinski definition) is 1. The molecular weight excluding hydrogens is 430 g/mol. The van der Waals surface area contributed by atoms with Crippen LogP contribution >= 0.6 is 11.6 Å². The SMILES string of the molecule is COc1ccc2c(OCCn3nc(-c4ccc(C(C)O)c(Cl)c4)ccc3=O)ccnc2c1. The smallest absolute Gasteiger partial charge is 0.266 e. The van der Waals surface area contributed by atoms with E-state index < -0.39 is 6.10 Å². The highest BCUT2D eigenvalue weighted by atomic mass is 35.5. The minimum atomic E-state index is -0.666. The lowest BCUT2D eigenvalue weighted by atomic mass is 10.1. The van der Waals surface area contributed by atoms with E-state index in [1.807, 2.05) is 24.3 Å². The molecule has 0 spiro atoms. The van der Waals surface area contributed by atoms with E-state index in [0.29, 0.717) is 22.0 Å². The first kappa shape index (κ1) is 21.8. The van der Waals surface area contributed by atoms with E-state index in [1.54, 1.807) is 44.5 Å². The van der Waals surface area contributed by atoms with Gasteiger partial charge >= 0.3 is 0 Å². The molecule has 0 bridgehead atoms. The van der Waals surface area contributed by atoms with Gasteiger partial charge in [0, 0.05) is 34.3 Å². The summed E-state index contributed by atoms with van der Waals surface area (Å²) in [5, 5.41) is 15.5. The van der Waals surface area contributed by atoms with Crippen LogP contribution in [0.1, 0.15) is 18.6 Å². The summed E-state index contributed by atoms with van der Waals surface area (Å²) in [4.78, 5) is 16.6. The first-order valence-electron chi connectivity index (χ1n) is 10.1. The fraction of sp³-hybridized carbons (Fsp3) is 0.208. The first-order valence-corrected chi connectivity index (χ1v) is 10.5. The Bertz CT molecular complexity index is 1320. The number of aromatic nitrogens is 3. The second kappa shape index (κ2) is 9.38. The summed E-state index contributed by atoms with van der Waals surface area (Å²) in [6.45, 7) is 2.18. The van der Waals surface area contributed by atoms with Crippen molar-refractivity contribution in [3.63, 3.8) is 0 Å². The molecule has 0 aliphatic rings. The van der Waals surface area contributed by atoms with Crippen molar-refractivity contribution < 1.29 is 14.6 Å². The Morgan fingerprint density at radius 2 is 1.97 bits per heavy atom. The summed E-state index contributed by atoms with van der Waals surface area (Å²) in [5.41, 5.74) is 2.53. The summed E-state index contributed by atoms with van der Waals surface area (Å²) in [7, 11) is 1.61. The molecule has 0 saturated carbocycles. The Labute approximate surface area is 189 Å². The van der Waals surface area contributed by atoms with Crippen LogP contribution in [0.3, 0.4) is 0 Å². The Hall–Kier alpha value is -3.42. The number of methoxy groups -OCH3 is 1. The fourth-order valence-electron chi connectivity index (χ4n) is 3.38. The highest BCUT2D eigenvalue weighted by Gasteiger charge is 2.10. The number of hydrogen-bond acceptors (Lipinski definition) is 6. The van der Waals surface area contributed by atoms with Gasteiger partial charge in [0.2, 0.25) is 0 Å². The van der Waals surface area contributed by atoms with E-state index in [1.165, 1.54) is 10.7 Å². The monoisotopic (exact) mass is 451 g/mol. The highest BCUT2D eigenvalue weighted by molar-refractivity contribution is 6.31. The van der Waals surface area contributed by atoms with Crippen molar-refractivity contribution in [1.82, 2.24) is 14.8 Å². The van der Waals surface area contributed by atoms with Crippen LogP contribution in [0.5, 0.6) is 11.5 Å². The van der Waals surface area contributed by atoms with Gasteiger partial charge in [-0.15, -0.1) is 0 Å². The van der Waals surface area contributed by atoms with E-state index >= 15 is 0 Å². The molecule has 2 aromatic heterocycles. The van der Waals surface area contributed by atoms with Gasteiger partial charge in [-0.05, 0) is 42.8 Å². The Morgan fingerprint density at radius 1 is 1.12 bits per heavy atom. The number of aliphatic hydroxyl groups is 1. The van der Waals surface area contributed by atoms with Crippen molar-refractivity contribution in [1.29, 1.82) is 0 Å². The molecule has 1 unspecified atom stereocenters. The van der Waals surface area contributed by atoms with Crippen molar-refractivity contribution in [3.05, 3.63) is 81.7 Å². The lowest BCUT2D eigenvalue weighted by Crippen LogP contribution is -2.25. The molecule has 0 saturated heterocycles. The molecule has 8 heteroatoms. The molecule has 0 aliphatic heterocycles. The zero-order valence-electron chi connectivity index (χ0n) is 17.7. The fourth-order valence-corrected chi connectivity index (χ4v) is 3.72. The zero-order chi connectivity index (χ0) is 22.7. The van der Waals surface area contributed by atoms with Crippen LogP contribution in [-0.4, -0.2) is 33.6 Å². The molecule has 32 heavy (non-hydrogen) atoms. The summed E-state index contributed by atoms with van der Waals surface area (Å²) in [6.07, 6.45) is 1.00. The Kier molecular flexibility index (Phi) is 6.39. The summed E-state index contributed by atoms with van der Waals surface area (Å²) in [6, 6.07) is 15.8. The minimum Gasteiger partial charge on any atom is -0.497 e. The number of halogens is 1. The van der Waals surface area contributed by atoms with Gasteiger partial charge in [0.25, 0.3) is 5.56 Å². The summed E-state index contributed by atoms with van der Waals surface area (Å²) >= 11 is 6.27. The second-order valence-electron chi connectivity index (χ2n) is 7.23. The zero-order valence-corrected chi connectivity index (χ0v) is 18.4. The van der Waals surface area contributed by atoms with E-state index in [-0.39, 0.29) is 18.7 Å². The van der Waals surface area contributed by atoms with Crippen LogP contribution in [0.2, 0.25) is 5.02 Å². The second-order valence-corrected chi connectivity index (χ2v) is 7.64. The molecular formula is C24H22ClN3O4. The molecule has 1 atom stereocenters. The lowest BCUT2D eigenvalue weighted by molar-refractivity contribution is 0.199. The van der Waals surface area contributed by atoms with Gasteiger partial charge in [-0.2, -0.15) is 5.10 Å². The Morgan fingerprint density at radius 3 is 2.72 bits per heavy atom. The maximum atomic E-state index is 12.3. The number of ether oxygens (including phenoxy) is 2. The molecule has 2 heterocycles. The average molecular weight is 452 g/mol. The van der Waals surface area contributed by atoms with Crippen LogP contribution in [0.25, 0.3) is 22.2 Å². The van der Waals surface area contributed by atoms with E-state index in [4.69, 9.17) is 21.1 Å². The number of aliphatic hydroxyl groups excluding tert-OH is 1. The average Bonchev–Trinajstić information content (AvgIpc) is 2.79. The van der Waals surface area contributed by atoms with Gasteiger partial charge in [0.1, 0.15) is 18.1 Å². The number of pyridine rings is 1. The van der Waals surface area contributed by atoms with Crippen LogP contribution in [-0.2, 0) is 6.54 Å². The van der Waals surface area contributed by atoms with Gasteiger partial charge in [-0.3, -0.25) is 9.78 Å². The van der Waals surface area contributed by atoms with Crippen molar-refractivity contribution in [2.24, 2.45) is 0 Å². The van der Waals surface area contributed by atoms with Crippen LogP contribution in [0.15, 0.2) is 65.6 Å². The number of benzene rings is 2. The van der Waals surface area contributed by atoms with E-state index in [2.05, 4.69) is 10.1 Å². The Balaban J connectivity index is 1.52. The van der Waals surface area contributed by atoms with Crippen molar-refractivity contribution >= 4 is 22.5 Å². The van der Waals surface area contributed by atoms with Crippen LogP contribution in [0.4, 0.5) is 0 Å². The molecule has 0 aliphatic carbocycles. The molecule has 164 valence electrons. The van der Waals surface area contributed by atoms with E-state index in [9.17, 15) is 9.90 Å². The standard InChI is InChI=1S/C24H22ClN3O4/c1-15(29)18-5-3-16(13-20(18)25)21-7-8-24(30)28(27-21)11-12-32-23-9-10-26-22-14-17(31-2)4-6-19(22)23/h3-10,13-15,29H,11-12H2,1-2H3. The molecule has 0 fully saturated rings. The molecule has 4 aromatic rings. The third kappa shape index (κ3) is 4.59. The topological polar surface area (TPSA) is 86.5 Å². The summed E-state index contributed by atoms with van der Waals surface area (Å²) < 4.78 is 12.5. The summed E-state index contributed by atoms with van der Waals surface area (Å²) in [5.74, 6) is 1.39. The maximum Gasteiger partial charge on any atom is 0.266 e. The van der Waals surface area contributed by atoms with Gasteiger partial charge < -0.3 is 14.6 Å². The number of nitrogens with zero attached hydrogens (tertiary/aromatic N) is 3. The van der Waals surface area contributed by atoms with Gasteiger partial charge in [0.05, 0.1) is 31.0 Å². The van der Waals surface area contributed by atoms with Crippen LogP contribution < -0.4 is 15.0 Å². The highest BCUT2D eigenvalue weighted by Crippen LogP contribution is 2.28. The first-order chi connectivity index (χ1) is 15.5. The predicted molar refractivity (Wildman–Crippen MR) is 123 cm³/mol. The molecule has 1 N–H and O–H groups in total. The van der Waals surface area contributed by atoms with E-state index in [0.717, 1.165) is 22.2 Å². The van der Waals surface area contributed by atoms with Gasteiger partial charge in [-0.25, -0.2) is 4.68 Å². The number of fused-ring (bicyclic) bond motifs is 1. The van der Waals surface area contributed by atoms with Crippen molar-refractivity contribution in [3.8, 4) is 22.8 Å². The molecule has 4 rings (SSSR count). The molecule has 0 radical (unpaired) electrons. The largest absolute Gasteiger partial charge is 0.497 e. The molecule has 2 aromatic carbocycles. The van der Waals surface area contributed by atoms with Crippen molar-refractivity contribution in [2.45, 2.75) is 19.6 Å². The minimum absolute atomic E-state index is 0.228. The van der Waals surface area contributed by atoms with Crippen molar-refractivity contribution in [2.75, 3.05) is 13.7 Å². The third-order valence-electron chi connectivity index (χ3n) is 5.08. The van der Waals surface area contributed by atoms with Gasteiger partial charge in [0.15, 0.2) is 0 Å². The third-order valence-corrected chi connectivity index (χ3v) is 5.41. The maximum absolute atomic E-state index is 12.3. The molecule has 7 nitrogen and oxygen atoms in total.